The van der Waals surface area contributed by atoms with E-state index < -0.39 is 0 Å². The molecule has 1 saturated heterocycles. The molecule has 3 nitrogen and oxygen atoms in total. The van der Waals surface area contributed by atoms with E-state index in [1.165, 1.54) is 19.3 Å². The number of nitrogens with two attached hydrogens (primary N) is 1. The standard InChI is InChI=1S/C7H15N3/c8-7(9)6-4-2-1-3-5-10-6/h6,10H,1-5H2,(H3,8,9). The van der Waals surface area contributed by atoms with E-state index in [-0.39, 0.29) is 6.04 Å². The van der Waals surface area contributed by atoms with Gasteiger partial charge in [-0.1, -0.05) is 12.8 Å². The van der Waals surface area contributed by atoms with Crippen molar-refractivity contribution in [3.8, 4) is 0 Å². The Kier molecular flexibility index (Phi) is 2.68. The Balaban J connectivity index is 2.35. The molecule has 1 rings (SSSR count). The number of hydrogen-bond donors (Lipinski definition) is 3. The van der Waals surface area contributed by atoms with Gasteiger partial charge in [-0.05, 0) is 19.4 Å². The summed E-state index contributed by atoms with van der Waals surface area (Å²) in [4.78, 5) is 0. The Bertz CT molecular complexity index is 114. The molecular formula is C7H15N3. The van der Waals surface area contributed by atoms with Gasteiger partial charge in [0.25, 0.3) is 0 Å². The molecule has 0 bridgehead atoms. The van der Waals surface area contributed by atoms with E-state index in [1.807, 2.05) is 0 Å². The van der Waals surface area contributed by atoms with Crippen LogP contribution in [0.15, 0.2) is 0 Å². The quantitative estimate of drug-likeness (QED) is 0.367. The minimum Gasteiger partial charge on any atom is -0.386 e. The second kappa shape index (κ2) is 3.56. The highest BCUT2D eigenvalue weighted by molar-refractivity contribution is 5.82. The summed E-state index contributed by atoms with van der Waals surface area (Å²) in [6.45, 7) is 1.02. The molecule has 0 aromatic rings. The number of hydrogen-bond acceptors (Lipinski definition) is 2. The number of nitrogens with one attached hydrogen (secondary N) is 2. The largest absolute Gasteiger partial charge is 0.386 e. The summed E-state index contributed by atoms with van der Waals surface area (Å²) in [5.41, 5.74) is 5.36. The van der Waals surface area contributed by atoms with Gasteiger partial charge in [-0.25, -0.2) is 0 Å². The molecule has 1 heterocycles. The third-order valence-corrected chi connectivity index (χ3v) is 1.94. The van der Waals surface area contributed by atoms with Crippen LogP contribution in [0.3, 0.4) is 0 Å². The molecule has 0 aromatic carbocycles. The highest BCUT2D eigenvalue weighted by Gasteiger charge is 2.12. The lowest BCUT2D eigenvalue weighted by Gasteiger charge is -2.12. The van der Waals surface area contributed by atoms with Crippen molar-refractivity contribution in [2.24, 2.45) is 5.73 Å². The molecule has 0 amide bonds. The first-order valence-corrected chi connectivity index (χ1v) is 3.88. The SMILES string of the molecule is N=C(N)C1CCCCCN1. The van der Waals surface area contributed by atoms with Crippen molar-refractivity contribution in [3.05, 3.63) is 0 Å². The van der Waals surface area contributed by atoms with Crippen LogP contribution in [-0.2, 0) is 0 Å². The lowest BCUT2D eigenvalue weighted by Crippen LogP contribution is -2.39. The fraction of sp³-hybridized carbons (Fsp3) is 0.857. The highest BCUT2D eigenvalue weighted by atomic mass is 15.0. The van der Waals surface area contributed by atoms with Gasteiger partial charge in [0.15, 0.2) is 0 Å². The van der Waals surface area contributed by atoms with Crippen LogP contribution in [0.25, 0.3) is 0 Å². The van der Waals surface area contributed by atoms with Crippen molar-refractivity contribution < 1.29 is 0 Å². The summed E-state index contributed by atoms with van der Waals surface area (Å²) < 4.78 is 0. The van der Waals surface area contributed by atoms with E-state index in [0.717, 1.165) is 13.0 Å². The number of rotatable bonds is 1. The average molecular weight is 141 g/mol. The van der Waals surface area contributed by atoms with Crippen LogP contribution < -0.4 is 11.1 Å². The summed E-state index contributed by atoms with van der Waals surface area (Å²) in [6.07, 6.45) is 4.74. The van der Waals surface area contributed by atoms with E-state index in [2.05, 4.69) is 5.32 Å². The van der Waals surface area contributed by atoms with Gasteiger partial charge in [0.1, 0.15) is 5.84 Å². The maximum Gasteiger partial charge on any atom is 0.108 e. The second-order valence-electron chi connectivity index (χ2n) is 2.81. The van der Waals surface area contributed by atoms with E-state index in [4.69, 9.17) is 11.1 Å². The Hall–Kier alpha value is -0.570. The van der Waals surface area contributed by atoms with Crippen LogP contribution >= 0.6 is 0 Å². The number of amidine groups is 1. The van der Waals surface area contributed by atoms with Crippen molar-refractivity contribution in [3.63, 3.8) is 0 Å². The maximum atomic E-state index is 7.20. The fourth-order valence-electron chi connectivity index (χ4n) is 1.29. The van der Waals surface area contributed by atoms with Gasteiger partial charge in [-0.3, -0.25) is 5.41 Å². The van der Waals surface area contributed by atoms with E-state index >= 15 is 0 Å². The smallest absolute Gasteiger partial charge is 0.108 e. The van der Waals surface area contributed by atoms with Gasteiger partial charge in [-0.15, -0.1) is 0 Å². The summed E-state index contributed by atoms with van der Waals surface area (Å²) in [5.74, 6) is 0.293. The monoisotopic (exact) mass is 141 g/mol. The minimum absolute atomic E-state index is 0.155. The van der Waals surface area contributed by atoms with Crippen molar-refractivity contribution in [2.75, 3.05) is 6.54 Å². The molecule has 1 atom stereocenters. The van der Waals surface area contributed by atoms with Gasteiger partial charge >= 0.3 is 0 Å². The van der Waals surface area contributed by atoms with Gasteiger partial charge < -0.3 is 11.1 Å². The second-order valence-corrected chi connectivity index (χ2v) is 2.81. The maximum absolute atomic E-state index is 7.20. The molecule has 1 unspecified atom stereocenters. The highest BCUT2D eigenvalue weighted by Crippen LogP contribution is 2.07. The third-order valence-electron chi connectivity index (χ3n) is 1.94. The van der Waals surface area contributed by atoms with Crippen LogP contribution in [0.4, 0.5) is 0 Å². The molecule has 0 radical (unpaired) electrons. The molecule has 10 heavy (non-hydrogen) atoms. The van der Waals surface area contributed by atoms with Crippen LogP contribution in [0.5, 0.6) is 0 Å². The van der Waals surface area contributed by atoms with E-state index in [9.17, 15) is 0 Å². The Labute approximate surface area is 61.5 Å². The third kappa shape index (κ3) is 1.99. The first-order chi connectivity index (χ1) is 4.80. The first kappa shape index (κ1) is 7.54. The Morgan fingerprint density at radius 3 is 2.90 bits per heavy atom. The van der Waals surface area contributed by atoms with Crippen molar-refractivity contribution in [2.45, 2.75) is 31.7 Å². The Morgan fingerprint density at radius 2 is 2.20 bits per heavy atom. The van der Waals surface area contributed by atoms with Crippen molar-refractivity contribution in [1.82, 2.24) is 5.32 Å². The fourth-order valence-corrected chi connectivity index (χ4v) is 1.29. The average Bonchev–Trinajstić information content (AvgIpc) is 2.12. The molecule has 0 aliphatic carbocycles. The molecular weight excluding hydrogens is 126 g/mol. The Morgan fingerprint density at radius 1 is 1.40 bits per heavy atom. The van der Waals surface area contributed by atoms with Gasteiger partial charge in [0.05, 0.1) is 6.04 Å². The molecule has 1 aliphatic heterocycles. The predicted molar refractivity (Wildman–Crippen MR) is 42.2 cm³/mol. The van der Waals surface area contributed by atoms with Crippen LogP contribution in [0.1, 0.15) is 25.7 Å². The molecule has 3 heteroatoms. The predicted octanol–water partition coefficient (Wildman–Crippen LogP) is 0.455. The van der Waals surface area contributed by atoms with Gasteiger partial charge in [-0.2, -0.15) is 0 Å². The molecule has 0 saturated carbocycles. The van der Waals surface area contributed by atoms with Crippen molar-refractivity contribution >= 4 is 5.84 Å². The first-order valence-electron chi connectivity index (χ1n) is 3.88. The van der Waals surface area contributed by atoms with Crippen molar-refractivity contribution in [1.29, 1.82) is 5.41 Å². The molecule has 0 aromatic heterocycles. The van der Waals surface area contributed by atoms with Gasteiger partial charge in [0.2, 0.25) is 0 Å². The molecule has 1 fully saturated rings. The topological polar surface area (TPSA) is 61.9 Å². The van der Waals surface area contributed by atoms with Crippen LogP contribution in [0.2, 0.25) is 0 Å². The minimum atomic E-state index is 0.155. The molecule has 58 valence electrons. The zero-order chi connectivity index (χ0) is 7.40. The zero-order valence-corrected chi connectivity index (χ0v) is 6.19. The zero-order valence-electron chi connectivity index (χ0n) is 6.19. The van der Waals surface area contributed by atoms with E-state index in [1.54, 1.807) is 0 Å². The van der Waals surface area contributed by atoms with Crippen LogP contribution in [-0.4, -0.2) is 18.4 Å². The lowest BCUT2D eigenvalue weighted by atomic mass is 10.1. The molecule has 1 aliphatic rings. The lowest BCUT2D eigenvalue weighted by molar-refractivity contribution is 0.618. The van der Waals surface area contributed by atoms with Gasteiger partial charge in [0, 0.05) is 0 Å². The molecule has 0 spiro atoms. The summed E-state index contributed by atoms with van der Waals surface area (Å²) in [5, 5.41) is 10.4. The molecule has 4 N–H and O–H groups in total. The van der Waals surface area contributed by atoms with E-state index in [0.29, 0.717) is 5.84 Å². The summed E-state index contributed by atoms with van der Waals surface area (Å²) in [7, 11) is 0. The normalized spacial score (nSPS) is 27.4. The van der Waals surface area contributed by atoms with Crippen LogP contribution in [0, 0.1) is 5.41 Å². The summed E-state index contributed by atoms with van der Waals surface area (Å²) in [6, 6.07) is 0.155. The summed E-state index contributed by atoms with van der Waals surface area (Å²) >= 11 is 0.